The number of aliphatic hydroxyl groups excluding tert-OH is 1. The van der Waals surface area contributed by atoms with Gasteiger partial charge in [0.05, 0.1) is 6.10 Å². The molecule has 1 N–H and O–H groups in total. The quantitative estimate of drug-likeness (QED) is 0.489. The Kier molecular flexibility index (Phi) is 7.25. The highest BCUT2D eigenvalue weighted by molar-refractivity contribution is 6.28. The average molecular weight is 467 g/mol. The van der Waals surface area contributed by atoms with Crippen molar-refractivity contribution in [3.63, 3.8) is 0 Å². The highest BCUT2D eigenvalue weighted by atomic mass is 35.5. The maximum atomic E-state index is 12.4. The van der Waals surface area contributed by atoms with Crippen LogP contribution in [0, 0.1) is 10.1 Å². The van der Waals surface area contributed by atoms with Gasteiger partial charge in [0.25, 0.3) is 0 Å². The van der Waals surface area contributed by atoms with E-state index < -0.39 is 16.6 Å². The normalized spacial score (nSPS) is 14.6. The molecule has 10 nitrogen and oxygen atoms in total. The fourth-order valence-electron chi connectivity index (χ4n) is 3.29. The number of benzene rings is 1. The lowest BCUT2D eigenvalue weighted by Gasteiger charge is -2.31. The third kappa shape index (κ3) is 6.33. The lowest BCUT2D eigenvalue weighted by molar-refractivity contribution is -0.389. The van der Waals surface area contributed by atoms with Crippen molar-refractivity contribution < 1.29 is 24.3 Å². The first-order chi connectivity index (χ1) is 15.0. The summed E-state index contributed by atoms with van der Waals surface area (Å²) in [7, 11) is 0. The molecule has 2 heterocycles. The highest BCUT2D eigenvalue weighted by Gasteiger charge is 2.26. The van der Waals surface area contributed by atoms with Crippen molar-refractivity contribution in [2.75, 3.05) is 13.2 Å². The van der Waals surface area contributed by atoms with Gasteiger partial charge in [0, 0.05) is 19.6 Å². The van der Waals surface area contributed by atoms with E-state index in [0.29, 0.717) is 18.8 Å². The molecule has 0 aliphatic carbocycles. The molecule has 11 heteroatoms. The van der Waals surface area contributed by atoms with Crippen molar-refractivity contribution in [3.8, 4) is 5.75 Å². The van der Waals surface area contributed by atoms with E-state index in [1.54, 1.807) is 4.90 Å². The van der Waals surface area contributed by atoms with Gasteiger partial charge in [-0.15, -0.1) is 0 Å². The number of aryl methyl sites for hydroxylation is 1. The molecule has 0 radical (unpaired) electrons. The van der Waals surface area contributed by atoms with Crippen LogP contribution in [0.5, 0.6) is 5.75 Å². The molecule has 32 heavy (non-hydrogen) atoms. The Labute approximate surface area is 190 Å². The number of nitrogens with zero attached hydrogens (tertiary/aromatic N) is 4. The monoisotopic (exact) mass is 466 g/mol. The second-order valence-corrected chi connectivity index (χ2v) is 8.99. The van der Waals surface area contributed by atoms with Crippen LogP contribution in [0.3, 0.4) is 0 Å². The van der Waals surface area contributed by atoms with Crippen LogP contribution in [0.1, 0.15) is 38.3 Å². The van der Waals surface area contributed by atoms with Gasteiger partial charge >= 0.3 is 17.2 Å². The van der Waals surface area contributed by atoms with Gasteiger partial charge in [0.2, 0.25) is 0 Å². The first-order valence-corrected chi connectivity index (χ1v) is 10.7. The van der Waals surface area contributed by atoms with Crippen LogP contribution in [-0.4, -0.2) is 55.4 Å². The molecule has 1 amide bonds. The fraction of sp³-hybridized carbons (Fsp3) is 0.524. The van der Waals surface area contributed by atoms with Crippen molar-refractivity contribution in [3.05, 3.63) is 50.9 Å². The maximum Gasteiger partial charge on any atom is 0.410 e. The largest absolute Gasteiger partial charge is 0.491 e. The maximum absolute atomic E-state index is 12.4. The van der Waals surface area contributed by atoms with E-state index >= 15 is 0 Å². The minimum Gasteiger partial charge on any atom is -0.491 e. The van der Waals surface area contributed by atoms with E-state index in [0.717, 1.165) is 17.5 Å². The standard InChI is InChI=1S/C21H27ClN4O6/c1-21(2,3)32-20(28)25-8-6-14-4-5-17(10-15(14)11-25)31-13-16(27)7-9-24-12-18(26(29)30)23-19(24)22/h4-5,10,12,16,27H,6-9,11,13H2,1-3H3/t16-/m0/s1. The number of halogens is 1. The van der Waals surface area contributed by atoms with Crippen LogP contribution in [-0.2, 0) is 24.2 Å². The lowest BCUT2D eigenvalue weighted by Crippen LogP contribution is -2.39. The van der Waals surface area contributed by atoms with Crippen molar-refractivity contribution in [1.29, 1.82) is 0 Å². The van der Waals surface area contributed by atoms with Crippen LogP contribution in [0.4, 0.5) is 10.6 Å². The summed E-state index contributed by atoms with van der Waals surface area (Å²) in [6.07, 6.45) is 1.10. The Morgan fingerprint density at radius 1 is 1.38 bits per heavy atom. The average Bonchev–Trinajstić information content (AvgIpc) is 3.09. The van der Waals surface area contributed by atoms with Gasteiger partial charge in [0.15, 0.2) is 0 Å². The Morgan fingerprint density at radius 2 is 2.12 bits per heavy atom. The minimum absolute atomic E-state index is 0.00551. The number of imidazole rings is 1. The summed E-state index contributed by atoms with van der Waals surface area (Å²) in [6, 6.07) is 5.67. The molecule has 1 aliphatic heterocycles. The van der Waals surface area contributed by atoms with Gasteiger partial charge in [-0.25, -0.2) is 4.79 Å². The van der Waals surface area contributed by atoms with Gasteiger partial charge in [-0.05, 0) is 78.4 Å². The number of hydrogen-bond acceptors (Lipinski definition) is 7. The zero-order valence-electron chi connectivity index (χ0n) is 18.3. The topological polar surface area (TPSA) is 120 Å². The number of ether oxygens (including phenoxy) is 2. The number of fused-ring (bicyclic) bond motifs is 1. The second-order valence-electron chi connectivity index (χ2n) is 8.65. The van der Waals surface area contributed by atoms with Crippen molar-refractivity contribution in [2.45, 2.75) is 58.4 Å². The van der Waals surface area contributed by atoms with Crippen LogP contribution in [0.2, 0.25) is 5.28 Å². The molecule has 1 aliphatic rings. The van der Waals surface area contributed by atoms with E-state index in [4.69, 9.17) is 21.1 Å². The van der Waals surface area contributed by atoms with E-state index in [-0.39, 0.29) is 36.8 Å². The van der Waals surface area contributed by atoms with Gasteiger partial charge in [-0.2, -0.15) is 0 Å². The number of aromatic nitrogens is 2. The molecule has 2 aromatic rings. The third-order valence-electron chi connectivity index (χ3n) is 4.89. The molecular weight excluding hydrogens is 440 g/mol. The summed E-state index contributed by atoms with van der Waals surface area (Å²) in [5.74, 6) is 0.250. The van der Waals surface area contributed by atoms with Crippen LogP contribution < -0.4 is 4.74 Å². The van der Waals surface area contributed by atoms with Gasteiger partial charge in [0.1, 0.15) is 24.2 Å². The van der Waals surface area contributed by atoms with Crippen LogP contribution >= 0.6 is 11.6 Å². The summed E-state index contributed by atoms with van der Waals surface area (Å²) in [6.45, 7) is 6.84. The Morgan fingerprint density at radius 3 is 2.78 bits per heavy atom. The zero-order valence-corrected chi connectivity index (χ0v) is 19.0. The predicted molar refractivity (Wildman–Crippen MR) is 117 cm³/mol. The number of rotatable bonds is 7. The summed E-state index contributed by atoms with van der Waals surface area (Å²) >= 11 is 5.88. The molecule has 1 atom stereocenters. The number of aliphatic hydroxyl groups is 1. The van der Waals surface area contributed by atoms with Crippen molar-refractivity contribution in [1.82, 2.24) is 14.5 Å². The summed E-state index contributed by atoms with van der Waals surface area (Å²) in [5, 5.41) is 21.0. The summed E-state index contributed by atoms with van der Waals surface area (Å²) < 4.78 is 12.6. The molecule has 1 aromatic carbocycles. The number of hydrogen-bond donors (Lipinski definition) is 1. The molecule has 0 unspecified atom stereocenters. The van der Waals surface area contributed by atoms with Crippen LogP contribution in [0.25, 0.3) is 0 Å². The molecule has 0 spiro atoms. The molecule has 0 fully saturated rings. The first-order valence-electron chi connectivity index (χ1n) is 10.3. The Balaban J connectivity index is 1.52. The number of nitro groups is 1. The van der Waals surface area contributed by atoms with E-state index in [1.807, 2.05) is 39.0 Å². The van der Waals surface area contributed by atoms with Crippen LogP contribution in [0.15, 0.2) is 24.4 Å². The van der Waals surface area contributed by atoms with Gasteiger partial charge in [-0.3, -0.25) is 4.57 Å². The Bertz CT molecular complexity index is 987. The summed E-state index contributed by atoms with van der Waals surface area (Å²) in [4.78, 5) is 27.8. The fourth-order valence-corrected chi connectivity index (χ4v) is 3.51. The highest BCUT2D eigenvalue weighted by Crippen LogP contribution is 2.25. The molecular formula is C21H27ClN4O6. The number of amides is 1. The predicted octanol–water partition coefficient (Wildman–Crippen LogP) is 3.57. The number of carbonyl (C=O) groups is 1. The zero-order chi connectivity index (χ0) is 23.5. The molecule has 3 rings (SSSR count). The van der Waals surface area contributed by atoms with E-state index in [2.05, 4.69) is 4.98 Å². The van der Waals surface area contributed by atoms with Crippen molar-refractivity contribution >= 4 is 23.5 Å². The molecule has 0 saturated carbocycles. The SMILES string of the molecule is CC(C)(C)OC(=O)N1CCc2ccc(OC[C@@H](O)CCn3cc([N+](=O)[O-])nc3Cl)cc2C1. The van der Waals surface area contributed by atoms with Gasteiger partial charge < -0.3 is 29.6 Å². The first kappa shape index (κ1) is 23.8. The van der Waals surface area contributed by atoms with E-state index in [1.165, 1.54) is 10.8 Å². The molecule has 174 valence electrons. The molecule has 0 saturated heterocycles. The molecule has 1 aromatic heterocycles. The Hall–Kier alpha value is -2.85. The van der Waals surface area contributed by atoms with Crippen molar-refractivity contribution in [2.24, 2.45) is 0 Å². The summed E-state index contributed by atoms with van der Waals surface area (Å²) in [5.41, 5.74) is 1.57. The number of carbonyl (C=O) groups excluding carboxylic acids is 1. The smallest absolute Gasteiger partial charge is 0.410 e. The van der Waals surface area contributed by atoms with Gasteiger partial charge in [-0.1, -0.05) is 6.07 Å². The molecule has 0 bridgehead atoms. The van der Waals surface area contributed by atoms with E-state index in [9.17, 15) is 20.0 Å². The lowest BCUT2D eigenvalue weighted by atomic mass is 10.00. The second kappa shape index (κ2) is 9.74. The minimum atomic E-state index is -0.804. The third-order valence-corrected chi connectivity index (χ3v) is 5.19.